The zero-order chi connectivity index (χ0) is 28.3. The smallest absolute Gasteiger partial charge is 0.151 e. The lowest BCUT2D eigenvalue weighted by Gasteiger charge is -2.41. The molecule has 212 valence electrons. The molecule has 0 spiro atoms. The monoisotopic (exact) mass is 573 g/mol. The SMILES string of the molecule is Cc1cccc(C)c1OCc1noc(C2CC2)c1CO[C@H]1C[C@H]2CC[C@@H](C1)[C@@]2(O)c1nc2c(F)cc(C#N)cc2s1. The largest absolute Gasteiger partial charge is 0.487 e. The first-order chi connectivity index (χ1) is 19.8. The molecule has 1 N–H and O–H groups in total. The first kappa shape index (κ1) is 26.6. The number of hydrogen-bond donors (Lipinski definition) is 1. The van der Waals surface area contributed by atoms with Gasteiger partial charge in [-0.1, -0.05) is 23.4 Å². The van der Waals surface area contributed by atoms with Crippen molar-refractivity contribution in [2.45, 2.75) is 83.2 Å². The van der Waals surface area contributed by atoms with E-state index in [0.717, 1.165) is 59.6 Å². The summed E-state index contributed by atoms with van der Waals surface area (Å²) in [5, 5.41) is 26.1. The van der Waals surface area contributed by atoms with Crippen molar-refractivity contribution >= 4 is 21.6 Å². The molecule has 4 atom stereocenters. The number of hydrogen-bond acceptors (Lipinski definition) is 8. The van der Waals surface area contributed by atoms with Crippen molar-refractivity contribution in [3.05, 3.63) is 74.9 Å². The molecular formula is C32H32FN3O4S. The van der Waals surface area contributed by atoms with Gasteiger partial charge in [-0.05, 0) is 87.5 Å². The number of ether oxygens (including phenoxy) is 2. The first-order valence-corrected chi connectivity index (χ1v) is 15.2. The van der Waals surface area contributed by atoms with Gasteiger partial charge >= 0.3 is 0 Å². The second-order valence-corrected chi connectivity index (χ2v) is 12.9. The topological polar surface area (TPSA) is 101 Å². The molecule has 41 heavy (non-hydrogen) atoms. The van der Waals surface area contributed by atoms with Crippen LogP contribution in [-0.4, -0.2) is 21.4 Å². The number of aromatic nitrogens is 2. The number of nitrogens with zero attached hydrogens (tertiary/aromatic N) is 3. The van der Waals surface area contributed by atoms with Crippen LogP contribution in [0.4, 0.5) is 4.39 Å². The van der Waals surface area contributed by atoms with Crippen LogP contribution in [0.15, 0.2) is 34.9 Å². The summed E-state index contributed by atoms with van der Waals surface area (Å²) in [6.45, 7) is 4.79. The third-order valence-corrected chi connectivity index (χ3v) is 10.3. The predicted molar refractivity (Wildman–Crippen MR) is 151 cm³/mol. The number of nitriles is 1. The predicted octanol–water partition coefficient (Wildman–Crippen LogP) is 6.96. The van der Waals surface area contributed by atoms with E-state index in [2.05, 4.69) is 10.1 Å². The van der Waals surface area contributed by atoms with E-state index in [1.165, 1.54) is 17.4 Å². The summed E-state index contributed by atoms with van der Waals surface area (Å²) in [4.78, 5) is 4.55. The molecule has 3 aliphatic carbocycles. The molecule has 9 heteroatoms. The van der Waals surface area contributed by atoms with Crippen LogP contribution in [0.3, 0.4) is 0 Å². The van der Waals surface area contributed by atoms with Gasteiger partial charge < -0.3 is 19.1 Å². The highest BCUT2D eigenvalue weighted by Crippen LogP contribution is 2.57. The number of benzene rings is 2. The summed E-state index contributed by atoms with van der Waals surface area (Å²) in [5.41, 5.74) is 3.31. The molecule has 0 radical (unpaired) electrons. The highest BCUT2D eigenvalue weighted by molar-refractivity contribution is 7.18. The molecular weight excluding hydrogens is 541 g/mol. The molecule has 2 heterocycles. The molecule has 0 amide bonds. The summed E-state index contributed by atoms with van der Waals surface area (Å²) in [5.74, 6) is 1.60. The number of fused-ring (bicyclic) bond motifs is 3. The Bertz CT molecular complexity index is 1640. The fourth-order valence-corrected chi connectivity index (χ4v) is 8.14. The van der Waals surface area contributed by atoms with Crippen LogP contribution >= 0.6 is 11.3 Å². The third-order valence-electron chi connectivity index (χ3n) is 9.20. The van der Waals surface area contributed by atoms with E-state index in [0.29, 0.717) is 41.7 Å². The summed E-state index contributed by atoms with van der Waals surface area (Å²) >= 11 is 1.30. The fourth-order valence-electron chi connectivity index (χ4n) is 6.87. The molecule has 2 bridgehead atoms. The van der Waals surface area contributed by atoms with Gasteiger partial charge in [0.2, 0.25) is 0 Å². The van der Waals surface area contributed by atoms with Crippen LogP contribution in [0.25, 0.3) is 10.2 Å². The van der Waals surface area contributed by atoms with Crippen LogP contribution in [0, 0.1) is 42.8 Å². The van der Waals surface area contributed by atoms with Crippen molar-refractivity contribution in [2.24, 2.45) is 11.8 Å². The van der Waals surface area contributed by atoms with Crippen LogP contribution in [0.5, 0.6) is 5.75 Å². The maximum atomic E-state index is 14.6. The van der Waals surface area contributed by atoms with Crippen molar-refractivity contribution in [3.8, 4) is 11.8 Å². The third kappa shape index (κ3) is 4.62. The Labute approximate surface area is 241 Å². The van der Waals surface area contributed by atoms with E-state index >= 15 is 0 Å². The average molecular weight is 574 g/mol. The Balaban J connectivity index is 1.07. The van der Waals surface area contributed by atoms with Crippen molar-refractivity contribution in [1.82, 2.24) is 10.1 Å². The van der Waals surface area contributed by atoms with E-state index in [9.17, 15) is 14.8 Å². The summed E-state index contributed by atoms with van der Waals surface area (Å²) in [7, 11) is 0. The minimum absolute atomic E-state index is 0.0154. The second kappa shape index (κ2) is 10.2. The van der Waals surface area contributed by atoms with Gasteiger partial charge in [-0.2, -0.15) is 5.26 Å². The van der Waals surface area contributed by atoms with Gasteiger partial charge in [-0.25, -0.2) is 9.37 Å². The summed E-state index contributed by atoms with van der Waals surface area (Å²) in [6.07, 6.45) is 5.33. The lowest BCUT2D eigenvalue weighted by Crippen LogP contribution is -2.44. The molecule has 3 aliphatic rings. The number of aliphatic hydroxyl groups is 1. The highest BCUT2D eigenvalue weighted by atomic mass is 32.1. The number of rotatable bonds is 8. The average Bonchev–Trinajstić information content (AvgIpc) is 3.54. The molecule has 0 unspecified atom stereocenters. The number of para-hydroxylation sites is 1. The summed E-state index contributed by atoms with van der Waals surface area (Å²) < 4.78 is 33.8. The molecule has 7 nitrogen and oxygen atoms in total. The molecule has 2 aromatic heterocycles. The van der Waals surface area contributed by atoms with Crippen molar-refractivity contribution < 1.29 is 23.5 Å². The minimum Gasteiger partial charge on any atom is -0.487 e. The Kier molecular flexibility index (Phi) is 6.61. The molecule has 2 aromatic carbocycles. The maximum Gasteiger partial charge on any atom is 0.151 e. The Morgan fingerprint density at radius 1 is 1.12 bits per heavy atom. The molecule has 4 aromatic rings. The maximum absolute atomic E-state index is 14.6. The van der Waals surface area contributed by atoms with Crippen LogP contribution in [0.1, 0.15) is 83.2 Å². The zero-order valence-corrected chi connectivity index (χ0v) is 24.0. The van der Waals surface area contributed by atoms with Gasteiger partial charge in [0.05, 0.1) is 29.0 Å². The van der Waals surface area contributed by atoms with Gasteiger partial charge in [-0.15, -0.1) is 11.3 Å². The minimum atomic E-state index is -1.11. The normalized spacial score (nSPS) is 25.5. The quantitative estimate of drug-likeness (QED) is 0.243. The van der Waals surface area contributed by atoms with Crippen LogP contribution in [-0.2, 0) is 23.6 Å². The molecule has 0 saturated heterocycles. The standard InChI is InChI=1S/C32H32FN3O4S/c1-17-4-3-5-18(2)29(17)39-16-26-24(30(40-36-26)20-6-7-20)15-38-23-12-21-8-9-22(13-23)32(21,37)31-35-28-25(33)10-19(14-34)11-27(28)41-31/h3-5,10-11,20-23,37H,6-9,12-13,15-16H2,1-2H3/t21-,22+,23+,32-. The van der Waals surface area contributed by atoms with E-state index in [1.54, 1.807) is 6.07 Å². The molecule has 0 aliphatic heterocycles. The van der Waals surface area contributed by atoms with Crippen molar-refractivity contribution in [1.29, 1.82) is 5.26 Å². The fraction of sp³-hybridized carbons (Fsp3) is 0.469. The van der Waals surface area contributed by atoms with Crippen molar-refractivity contribution in [3.63, 3.8) is 0 Å². The highest BCUT2D eigenvalue weighted by Gasteiger charge is 2.56. The Morgan fingerprint density at radius 3 is 2.54 bits per heavy atom. The van der Waals surface area contributed by atoms with Gasteiger partial charge in [0.15, 0.2) is 5.82 Å². The van der Waals surface area contributed by atoms with Crippen molar-refractivity contribution in [2.75, 3.05) is 0 Å². The lowest BCUT2D eigenvalue weighted by atomic mass is 9.73. The van der Waals surface area contributed by atoms with E-state index in [4.69, 9.17) is 14.0 Å². The van der Waals surface area contributed by atoms with E-state index < -0.39 is 11.4 Å². The second-order valence-electron chi connectivity index (χ2n) is 11.9. The van der Waals surface area contributed by atoms with Gasteiger partial charge in [0, 0.05) is 11.5 Å². The molecule has 3 fully saturated rings. The molecule has 3 saturated carbocycles. The van der Waals surface area contributed by atoms with Crippen LogP contribution in [0.2, 0.25) is 0 Å². The number of thiazole rings is 1. The van der Waals surface area contributed by atoms with Gasteiger partial charge in [0.25, 0.3) is 0 Å². The van der Waals surface area contributed by atoms with Crippen LogP contribution < -0.4 is 4.74 Å². The summed E-state index contributed by atoms with van der Waals surface area (Å²) in [6, 6.07) is 11.0. The Morgan fingerprint density at radius 2 is 1.85 bits per heavy atom. The van der Waals surface area contributed by atoms with Gasteiger partial charge in [0.1, 0.15) is 39.9 Å². The lowest BCUT2D eigenvalue weighted by molar-refractivity contribution is -0.116. The van der Waals surface area contributed by atoms with Gasteiger partial charge in [-0.3, -0.25) is 0 Å². The van der Waals surface area contributed by atoms with E-state index in [-0.39, 0.29) is 29.0 Å². The van der Waals surface area contributed by atoms with E-state index in [1.807, 2.05) is 38.1 Å². The number of halogens is 1. The first-order valence-electron chi connectivity index (χ1n) is 14.4. The number of aryl methyl sites for hydroxylation is 2. The Hall–Kier alpha value is -3.32. The zero-order valence-electron chi connectivity index (χ0n) is 23.2. The molecule has 7 rings (SSSR count).